The number of amides is 1. The highest BCUT2D eigenvalue weighted by molar-refractivity contribution is 5.96. The number of pyridine rings is 1. The second kappa shape index (κ2) is 10.2. The first kappa shape index (κ1) is 21.8. The van der Waals surface area contributed by atoms with Crippen molar-refractivity contribution >= 4 is 34.5 Å². The zero-order valence-corrected chi connectivity index (χ0v) is 18.0. The maximum absolute atomic E-state index is 12.3. The van der Waals surface area contributed by atoms with E-state index in [4.69, 9.17) is 9.47 Å². The van der Waals surface area contributed by atoms with Gasteiger partial charge in [-0.05, 0) is 43.3 Å². The normalized spacial score (nSPS) is 10.8. The van der Waals surface area contributed by atoms with Crippen LogP contribution in [0.1, 0.15) is 11.1 Å². The monoisotopic (exact) mass is 438 g/mol. The number of hydrogen-bond donors (Lipinski definition) is 1. The summed E-state index contributed by atoms with van der Waals surface area (Å²) >= 11 is 0. The van der Waals surface area contributed by atoms with Crippen molar-refractivity contribution in [2.75, 3.05) is 11.9 Å². The van der Waals surface area contributed by atoms with Crippen LogP contribution < -0.4 is 10.1 Å². The summed E-state index contributed by atoms with van der Waals surface area (Å²) in [7, 11) is 0. The number of rotatable bonds is 7. The number of aromatic nitrogens is 1. The number of fused-ring (bicyclic) bond motifs is 1. The van der Waals surface area contributed by atoms with Gasteiger partial charge in [-0.1, -0.05) is 54.1 Å². The molecule has 4 rings (SSSR count). The molecular weight excluding hydrogens is 416 g/mol. The van der Waals surface area contributed by atoms with Gasteiger partial charge in [-0.3, -0.25) is 9.78 Å². The number of carbonyl (C=O) groups is 2. The fourth-order valence-electron chi connectivity index (χ4n) is 3.18. The van der Waals surface area contributed by atoms with E-state index in [-0.39, 0.29) is 0 Å². The molecule has 33 heavy (non-hydrogen) atoms. The first-order valence-corrected chi connectivity index (χ1v) is 10.4. The number of aryl methyl sites for hydroxylation is 1. The topological polar surface area (TPSA) is 77.5 Å². The van der Waals surface area contributed by atoms with Crippen LogP contribution in [0.2, 0.25) is 0 Å². The second-order valence-electron chi connectivity index (χ2n) is 7.32. The maximum atomic E-state index is 12.3. The molecule has 0 aliphatic heterocycles. The standard InChI is InChI=1S/C27H22N2O4/c1-19-11-14-22(15-12-19)33-24-10-3-2-9-23(24)29-25(30)18-32-26(31)16-13-21-7-4-6-20-8-5-17-28-27(20)21/h2-17H,18H2,1H3,(H,29,30)/b16-13+. The molecule has 164 valence electrons. The molecule has 6 nitrogen and oxygen atoms in total. The molecule has 0 fully saturated rings. The number of esters is 1. The van der Waals surface area contributed by atoms with E-state index in [0.29, 0.717) is 17.2 Å². The van der Waals surface area contributed by atoms with Gasteiger partial charge >= 0.3 is 5.97 Å². The van der Waals surface area contributed by atoms with Crippen LogP contribution in [0.15, 0.2) is 91.1 Å². The zero-order chi connectivity index (χ0) is 23.0. The van der Waals surface area contributed by atoms with Crippen molar-refractivity contribution in [3.8, 4) is 11.5 Å². The molecule has 0 aliphatic carbocycles. The predicted octanol–water partition coefficient (Wildman–Crippen LogP) is 5.53. The molecule has 1 heterocycles. The van der Waals surface area contributed by atoms with Crippen LogP contribution in [0.5, 0.6) is 11.5 Å². The van der Waals surface area contributed by atoms with Gasteiger partial charge in [0.05, 0.1) is 11.2 Å². The van der Waals surface area contributed by atoms with E-state index >= 15 is 0 Å². The Balaban J connectivity index is 1.34. The van der Waals surface area contributed by atoms with Crippen molar-refractivity contribution in [2.45, 2.75) is 6.92 Å². The number of nitrogens with zero attached hydrogens (tertiary/aromatic N) is 1. The quantitative estimate of drug-likeness (QED) is 0.303. The van der Waals surface area contributed by atoms with Gasteiger partial charge in [-0.25, -0.2) is 4.79 Å². The van der Waals surface area contributed by atoms with Gasteiger partial charge in [-0.2, -0.15) is 0 Å². The third kappa shape index (κ3) is 5.83. The highest BCUT2D eigenvalue weighted by Gasteiger charge is 2.10. The van der Waals surface area contributed by atoms with Crippen molar-refractivity contribution in [3.05, 3.63) is 102 Å². The molecule has 0 saturated carbocycles. The Labute approximate surface area is 191 Å². The van der Waals surface area contributed by atoms with Crippen molar-refractivity contribution in [1.29, 1.82) is 0 Å². The van der Waals surface area contributed by atoms with Crippen LogP contribution in [-0.4, -0.2) is 23.5 Å². The fourth-order valence-corrected chi connectivity index (χ4v) is 3.18. The van der Waals surface area contributed by atoms with Gasteiger partial charge in [0.2, 0.25) is 0 Å². The smallest absolute Gasteiger partial charge is 0.331 e. The summed E-state index contributed by atoms with van der Waals surface area (Å²) in [5, 5.41) is 3.69. The van der Waals surface area contributed by atoms with Gasteiger partial charge < -0.3 is 14.8 Å². The number of hydrogen-bond acceptors (Lipinski definition) is 5. The summed E-state index contributed by atoms with van der Waals surface area (Å²) in [6.45, 7) is 1.57. The van der Waals surface area contributed by atoms with E-state index in [9.17, 15) is 9.59 Å². The lowest BCUT2D eigenvalue weighted by Crippen LogP contribution is -2.20. The van der Waals surface area contributed by atoms with E-state index < -0.39 is 18.5 Å². The molecule has 0 bridgehead atoms. The fraction of sp³-hybridized carbons (Fsp3) is 0.0741. The molecule has 4 aromatic rings. The van der Waals surface area contributed by atoms with Gasteiger partial charge in [0.1, 0.15) is 5.75 Å². The summed E-state index contributed by atoms with van der Waals surface area (Å²) < 4.78 is 11.0. The van der Waals surface area contributed by atoms with Crippen LogP contribution in [0.4, 0.5) is 5.69 Å². The minimum atomic E-state index is -0.623. The molecule has 3 aromatic carbocycles. The van der Waals surface area contributed by atoms with Crippen molar-refractivity contribution in [3.63, 3.8) is 0 Å². The number of anilines is 1. The van der Waals surface area contributed by atoms with Crippen molar-refractivity contribution in [1.82, 2.24) is 4.98 Å². The summed E-state index contributed by atoms with van der Waals surface area (Å²) in [5.41, 5.74) is 3.18. The Morgan fingerprint density at radius 2 is 1.73 bits per heavy atom. The maximum Gasteiger partial charge on any atom is 0.331 e. The third-order valence-electron chi connectivity index (χ3n) is 4.82. The van der Waals surface area contributed by atoms with E-state index in [2.05, 4.69) is 10.3 Å². The van der Waals surface area contributed by atoms with Gasteiger partial charge in [-0.15, -0.1) is 0 Å². The highest BCUT2D eigenvalue weighted by Crippen LogP contribution is 2.29. The van der Waals surface area contributed by atoms with Gasteiger partial charge in [0.25, 0.3) is 5.91 Å². The summed E-state index contributed by atoms with van der Waals surface area (Å²) in [5.74, 6) is 0.0528. The van der Waals surface area contributed by atoms with Crippen LogP contribution in [-0.2, 0) is 14.3 Å². The van der Waals surface area contributed by atoms with Crippen molar-refractivity contribution < 1.29 is 19.1 Å². The minimum absolute atomic E-state index is 0.421. The van der Waals surface area contributed by atoms with Crippen molar-refractivity contribution in [2.24, 2.45) is 0 Å². The second-order valence-corrected chi connectivity index (χ2v) is 7.32. The average Bonchev–Trinajstić information content (AvgIpc) is 2.84. The minimum Gasteiger partial charge on any atom is -0.455 e. The molecule has 0 radical (unpaired) electrons. The van der Waals surface area contributed by atoms with Crippen LogP contribution >= 0.6 is 0 Å². The summed E-state index contributed by atoms with van der Waals surface area (Å²) in [6.07, 6.45) is 4.61. The van der Waals surface area contributed by atoms with Crippen LogP contribution in [0.3, 0.4) is 0 Å². The van der Waals surface area contributed by atoms with E-state index in [1.54, 1.807) is 30.5 Å². The van der Waals surface area contributed by atoms with E-state index in [1.165, 1.54) is 6.08 Å². The Hall–Kier alpha value is -4.45. The van der Waals surface area contributed by atoms with Gasteiger partial charge in [0, 0.05) is 23.2 Å². The lowest BCUT2D eigenvalue weighted by Gasteiger charge is -2.12. The number of benzene rings is 3. The lowest BCUT2D eigenvalue weighted by molar-refractivity contribution is -0.142. The summed E-state index contributed by atoms with van der Waals surface area (Å²) in [6, 6.07) is 24.2. The van der Waals surface area contributed by atoms with Crippen LogP contribution in [0, 0.1) is 6.92 Å². The molecule has 0 unspecified atom stereocenters. The number of para-hydroxylation sites is 3. The number of nitrogens with one attached hydrogen (secondary N) is 1. The van der Waals surface area contributed by atoms with E-state index in [1.807, 2.05) is 67.6 Å². The largest absolute Gasteiger partial charge is 0.455 e. The predicted molar refractivity (Wildman–Crippen MR) is 128 cm³/mol. The first-order chi connectivity index (χ1) is 16.1. The van der Waals surface area contributed by atoms with Gasteiger partial charge in [0.15, 0.2) is 12.4 Å². The Morgan fingerprint density at radius 3 is 2.58 bits per heavy atom. The average molecular weight is 438 g/mol. The third-order valence-corrected chi connectivity index (χ3v) is 4.82. The van der Waals surface area contributed by atoms with E-state index in [0.717, 1.165) is 22.0 Å². The number of carbonyl (C=O) groups excluding carboxylic acids is 2. The Morgan fingerprint density at radius 1 is 0.939 bits per heavy atom. The molecule has 0 spiro atoms. The molecule has 0 atom stereocenters. The molecule has 0 aliphatic rings. The number of ether oxygens (including phenoxy) is 2. The molecule has 1 aromatic heterocycles. The molecule has 0 saturated heterocycles. The Kier molecular flexibility index (Phi) is 6.75. The zero-order valence-electron chi connectivity index (χ0n) is 18.0. The molecule has 6 heteroatoms. The molecule has 1 amide bonds. The SMILES string of the molecule is Cc1ccc(Oc2ccccc2NC(=O)COC(=O)/C=C/c2cccc3cccnc23)cc1. The summed E-state index contributed by atoms with van der Waals surface area (Å²) in [4.78, 5) is 28.8. The lowest BCUT2D eigenvalue weighted by atomic mass is 10.1. The molecule has 1 N–H and O–H groups in total. The Bertz CT molecular complexity index is 1310. The first-order valence-electron chi connectivity index (χ1n) is 10.4. The van der Waals surface area contributed by atoms with Crippen LogP contribution in [0.25, 0.3) is 17.0 Å². The molecular formula is C27H22N2O4. The highest BCUT2D eigenvalue weighted by atomic mass is 16.5.